The van der Waals surface area contributed by atoms with Crippen molar-refractivity contribution in [3.63, 3.8) is 0 Å². The molecular formula is C23H32O. The number of carbonyl (C=O) groups is 1. The Labute approximate surface area is 148 Å². The number of carbonyl (C=O) groups excluding carboxylic acids is 1. The smallest absolute Gasteiger partial charge is 0.186 e. The Hall–Kier alpha value is -1.89. The summed E-state index contributed by atoms with van der Waals surface area (Å²) in [6, 6.07) is 10.2. The Kier molecular flexibility index (Phi) is 6.54. The minimum Gasteiger partial charge on any atom is -0.289 e. The van der Waals surface area contributed by atoms with Gasteiger partial charge in [0, 0.05) is 11.1 Å². The molecule has 2 rings (SSSR count). The predicted molar refractivity (Wildman–Crippen MR) is 106 cm³/mol. The first-order valence-electron chi connectivity index (χ1n) is 8.85. The van der Waals surface area contributed by atoms with Gasteiger partial charge in [-0.05, 0) is 40.2 Å². The molecule has 1 aromatic carbocycles. The van der Waals surface area contributed by atoms with E-state index in [9.17, 15) is 4.79 Å². The van der Waals surface area contributed by atoms with Gasteiger partial charge in [-0.25, -0.2) is 0 Å². The highest BCUT2D eigenvalue weighted by Crippen LogP contribution is 2.39. The Balaban J connectivity index is 0.00000139. The highest BCUT2D eigenvalue weighted by atomic mass is 16.1. The van der Waals surface area contributed by atoms with Gasteiger partial charge in [0.1, 0.15) is 0 Å². The van der Waals surface area contributed by atoms with Gasteiger partial charge in [-0.2, -0.15) is 0 Å². The van der Waals surface area contributed by atoms with E-state index in [0.29, 0.717) is 0 Å². The molecule has 0 fully saturated rings. The first-order chi connectivity index (χ1) is 11.1. The molecule has 0 unspecified atom stereocenters. The quantitative estimate of drug-likeness (QED) is 0.567. The molecule has 0 aliphatic heterocycles. The van der Waals surface area contributed by atoms with Gasteiger partial charge in [0.25, 0.3) is 0 Å². The minimum atomic E-state index is -0.155. The zero-order valence-electron chi connectivity index (χ0n) is 16.5. The van der Waals surface area contributed by atoms with Crippen molar-refractivity contribution in [3.05, 3.63) is 64.8 Å². The second kappa shape index (κ2) is 7.79. The highest BCUT2D eigenvalue weighted by molar-refractivity contribution is 6.12. The maximum absolute atomic E-state index is 12.9. The van der Waals surface area contributed by atoms with Crippen LogP contribution in [-0.2, 0) is 4.79 Å². The van der Waals surface area contributed by atoms with E-state index in [4.69, 9.17) is 0 Å². The first-order valence-corrected chi connectivity index (χ1v) is 8.85. The minimum absolute atomic E-state index is 0.155. The number of ketones is 1. The van der Waals surface area contributed by atoms with Crippen molar-refractivity contribution in [2.45, 2.75) is 55.4 Å². The number of hydrogen-bond donors (Lipinski definition) is 0. The number of allylic oxidation sites excluding steroid dienone is 5. The van der Waals surface area contributed by atoms with E-state index in [1.54, 1.807) is 0 Å². The third-order valence-corrected chi connectivity index (χ3v) is 3.86. The zero-order chi connectivity index (χ0) is 18.5. The van der Waals surface area contributed by atoms with Crippen LogP contribution in [0.1, 0.15) is 61.0 Å². The molecular weight excluding hydrogens is 292 g/mol. The van der Waals surface area contributed by atoms with Gasteiger partial charge >= 0.3 is 0 Å². The third kappa shape index (κ3) is 5.06. The second-order valence-corrected chi connectivity index (χ2v) is 8.00. The summed E-state index contributed by atoms with van der Waals surface area (Å²) in [7, 11) is 0. The Bertz CT molecular complexity index is 620. The van der Waals surface area contributed by atoms with Crippen LogP contribution in [0.25, 0.3) is 6.08 Å². The van der Waals surface area contributed by atoms with Crippen molar-refractivity contribution in [3.8, 4) is 0 Å². The molecule has 0 aromatic heterocycles. The molecule has 0 saturated carbocycles. The summed E-state index contributed by atoms with van der Waals surface area (Å²) in [6.07, 6.45) is 6.24. The van der Waals surface area contributed by atoms with E-state index in [-0.39, 0.29) is 16.6 Å². The van der Waals surface area contributed by atoms with Gasteiger partial charge in [-0.15, -0.1) is 0 Å². The molecule has 0 spiro atoms. The standard InChI is InChI=1S/C21H26O.C2H6/c1-20(2,3)17-13-16(12-15-10-8-7-9-11-15)14-18(19(17)22)21(4,5)6;1-2/h7-14H,1-6H3;1-2H3. The SMILES string of the molecule is CC.CC(C)(C)C1=CC(=Cc2ccccc2)C=C(C(C)(C)C)C1=O. The van der Waals surface area contributed by atoms with Crippen LogP contribution in [0, 0.1) is 10.8 Å². The molecule has 0 bridgehead atoms. The van der Waals surface area contributed by atoms with E-state index >= 15 is 0 Å². The van der Waals surface area contributed by atoms with Crippen molar-refractivity contribution in [1.29, 1.82) is 0 Å². The number of Topliss-reactive ketones (excluding diaryl/α,β-unsaturated/α-hetero) is 1. The van der Waals surface area contributed by atoms with E-state index in [2.05, 4.69) is 59.8 Å². The second-order valence-electron chi connectivity index (χ2n) is 8.00. The van der Waals surface area contributed by atoms with Gasteiger partial charge < -0.3 is 0 Å². The number of hydrogen-bond acceptors (Lipinski definition) is 1. The normalized spacial score (nSPS) is 15.2. The van der Waals surface area contributed by atoms with Crippen LogP contribution in [0.2, 0.25) is 0 Å². The predicted octanol–water partition coefficient (Wildman–Crippen LogP) is 6.62. The lowest BCUT2D eigenvalue weighted by atomic mass is 9.72. The maximum Gasteiger partial charge on any atom is 0.186 e. The van der Waals surface area contributed by atoms with Crippen molar-refractivity contribution in [2.24, 2.45) is 10.8 Å². The lowest BCUT2D eigenvalue weighted by Gasteiger charge is -2.31. The van der Waals surface area contributed by atoms with Crippen molar-refractivity contribution in [1.82, 2.24) is 0 Å². The molecule has 0 radical (unpaired) electrons. The Morgan fingerprint density at radius 1 is 0.750 bits per heavy atom. The van der Waals surface area contributed by atoms with Crippen LogP contribution in [0.15, 0.2) is 59.2 Å². The molecule has 1 aromatic rings. The lowest BCUT2D eigenvalue weighted by Crippen LogP contribution is -2.27. The fraction of sp³-hybridized carbons (Fsp3) is 0.435. The summed E-state index contributed by atoms with van der Waals surface area (Å²) >= 11 is 0. The molecule has 24 heavy (non-hydrogen) atoms. The van der Waals surface area contributed by atoms with Gasteiger partial charge in [0.05, 0.1) is 0 Å². The van der Waals surface area contributed by atoms with Crippen LogP contribution < -0.4 is 0 Å². The highest BCUT2D eigenvalue weighted by Gasteiger charge is 2.33. The fourth-order valence-corrected chi connectivity index (χ4v) is 2.59. The van der Waals surface area contributed by atoms with Crippen LogP contribution in [-0.4, -0.2) is 5.78 Å². The van der Waals surface area contributed by atoms with E-state index in [0.717, 1.165) is 22.3 Å². The summed E-state index contributed by atoms with van der Waals surface area (Å²) in [4.78, 5) is 12.9. The molecule has 130 valence electrons. The fourth-order valence-electron chi connectivity index (χ4n) is 2.59. The summed E-state index contributed by atoms with van der Waals surface area (Å²) in [5, 5.41) is 0. The van der Waals surface area contributed by atoms with E-state index in [1.165, 1.54) is 0 Å². The number of benzene rings is 1. The molecule has 1 heteroatoms. The van der Waals surface area contributed by atoms with Crippen molar-refractivity contribution >= 4 is 11.9 Å². The first kappa shape index (κ1) is 20.2. The van der Waals surface area contributed by atoms with Crippen LogP contribution in [0.3, 0.4) is 0 Å². The molecule has 0 atom stereocenters. The summed E-state index contributed by atoms with van der Waals surface area (Å²) in [6.45, 7) is 16.6. The monoisotopic (exact) mass is 324 g/mol. The van der Waals surface area contributed by atoms with Crippen LogP contribution in [0.4, 0.5) is 0 Å². The van der Waals surface area contributed by atoms with Gasteiger partial charge in [0.15, 0.2) is 5.78 Å². The Morgan fingerprint density at radius 3 is 1.54 bits per heavy atom. The van der Waals surface area contributed by atoms with E-state index < -0.39 is 0 Å². The number of rotatable bonds is 1. The molecule has 1 nitrogen and oxygen atoms in total. The van der Waals surface area contributed by atoms with Gasteiger partial charge in [-0.1, -0.05) is 85.7 Å². The maximum atomic E-state index is 12.9. The lowest BCUT2D eigenvalue weighted by molar-refractivity contribution is -0.114. The topological polar surface area (TPSA) is 17.1 Å². The zero-order valence-corrected chi connectivity index (χ0v) is 16.5. The van der Waals surface area contributed by atoms with Gasteiger partial charge in [0.2, 0.25) is 0 Å². The molecule has 1 aliphatic carbocycles. The average molecular weight is 325 g/mol. The van der Waals surface area contributed by atoms with Crippen molar-refractivity contribution < 1.29 is 4.79 Å². The van der Waals surface area contributed by atoms with Gasteiger partial charge in [-0.3, -0.25) is 4.79 Å². The summed E-state index contributed by atoms with van der Waals surface area (Å²) in [5.41, 5.74) is 3.72. The third-order valence-electron chi connectivity index (χ3n) is 3.86. The van der Waals surface area contributed by atoms with Crippen LogP contribution in [0.5, 0.6) is 0 Å². The van der Waals surface area contributed by atoms with E-state index in [1.807, 2.05) is 44.2 Å². The Morgan fingerprint density at radius 2 is 1.17 bits per heavy atom. The molecule has 0 amide bonds. The van der Waals surface area contributed by atoms with Crippen molar-refractivity contribution in [2.75, 3.05) is 0 Å². The summed E-state index contributed by atoms with van der Waals surface area (Å²) in [5.74, 6) is 0.185. The summed E-state index contributed by atoms with van der Waals surface area (Å²) < 4.78 is 0. The molecule has 0 N–H and O–H groups in total. The molecule has 0 saturated heterocycles. The average Bonchev–Trinajstić information content (AvgIpc) is 2.49. The van der Waals surface area contributed by atoms with Crippen LogP contribution >= 0.6 is 0 Å². The molecule has 0 heterocycles. The molecule has 1 aliphatic rings. The largest absolute Gasteiger partial charge is 0.289 e.